The minimum absolute atomic E-state index is 0.0172. The van der Waals surface area contributed by atoms with Crippen LogP contribution in [0, 0.1) is 5.92 Å². The smallest absolute Gasteiger partial charge is 0.293 e. The van der Waals surface area contributed by atoms with E-state index in [9.17, 15) is 4.79 Å². The van der Waals surface area contributed by atoms with Crippen LogP contribution in [-0.2, 0) is 5.54 Å². The highest BCUT2D eigenvalue weighted by Crippen LogP contribution is 2.28. The number of rotatable bonds is 2. The molecule has 3 saturated heterocycles. The van der Waals surface area contributed by atoms with E-state index in [1.165, 1.54) is 25.9 Å². The number of nitrogens with zero attached hydrogens (tertiary/aromatic N) is 3. The number of hydrogen-bond acceptors (Lipinski definition) is 4. The topological polar surface area (TPSA) is 50.2 Å². The summed E-state index contributed by atoms with van der Waals surface area (Å²) < 4.78 is 1.75. The van der Waals surface area contributed by atoms with Crippen LogP contribution in [0.3, 0.4) is 0 Å². The minimum Gasteiger partial charge on any atom is -0.361 e. The van der Waals surface area contributed by atoms with Gasteiger partial charge in [-0.3, -0.25) is 4.79 Å². The fourth-order valence-electron chi connectivity index (χ4n) is 3.34. The van der Waals surface area contributed by atoms with E-state index < -0.39 is 0 Å². The van der Waals surface area contributed by atoms with Crippen LogP contribution < -0.4 is 10.9 Å². The van der Waals surface area contributed by atoms with E-state index >= 15 is 0 Å². The summed E-state index contributed by atoms with van der Waals surface area (Å²) in [7, 11) is 0. The average molecular weight is 276 g/mol. The molecule has 4 rings (SSSR count). The Hall–Kier alpha value is -1.36. The predicted octanol–water partition coefficient (Wildman–Crippen LogP) is 1.50. The molecule has 0 aliphatic carbocycles. The molecule has 4 heterocycles. The van der Waals surface area contributed by atoms with Crippen molar-refractivity contribution in [3.8, 4) is 0 Å². The van der Waals surface area contributed by atoms with E-state index in [1.807, 2.05) is 20.8 Å². The van der Waals surface area contributed by atoms with E-state index in [0.29, 0.717) is 17.8 Å². The molecule has 110 valence electrons. The van der Waals surface area contributed by atoms with Crippen molar-refractivity contribution >= 4 is 5.82 Å². The molecule has 0 aromatic carbocycles. The number of piperidine rings is 3. The van der Waals surface area contributed by atoms with Crippen molar-refractivity contribution in [2.24, 2.45) is 5.92 Å². The lowest BCUT2D eigenvalue weighted by atomic mass is 9.84. The van der Waals surface area contributed by atoms with Crippen LogP contribution in [0.5, 0.6) is 0 Å². The molecule has 3 fully saturated rings. The van der Waals surface area contributed by atoms with Crippen molar-refractivity contribution in [2.45, 2.75) is 45.2 Å². The van der Waals surface area contributed by atoms with Gasteiger partial charge in [-0.1, -0.05) is 0 Å². The first-order valence-electron chi connectivity index (χ1n) is 7.52. The lowest BCUT2D eigenvalue weighted by Gasteiger charge is -2.45. The van der Waals surface area contributed by atoms with Crippen LogP contribution in [0.4, 0.5) is 5.82 Å². The molecule has 0 amide bonds. The third-order valence-electron chi connectivity index (χ3n) is 4.54. The van der Waals surface area contributed by atoms with Gasteiger partial charge in [0.1, 0.15) is 0 Å². The first-order chi connectivity index (χ1) is 9.45. The van der Waals surface area contributed by atoms with Crippen molar-refractivity contribution in [3.05, 3.63) is 22.7 Å². The van der Waals surface area contributed by atoms with Crippen molar-refractivity contribution in [1.29, 1.82) is 0 Å². The lowest BCUT2D eigenvalue weighted by Crippen LogP contribution is -2.54. The molecule has 0 spiro atoms. The average Bonchev–Trinajstić information content (AvgIpc) is 2.41. The summed E-state index contributed by atoms with van der Waals surface area (Å²) in [6.07, 6.45) is 5.95. The molecule has 20 heavy (non-hydrogen) atoms. The number of nitrogens with one attached hydrogen (secondary N) is 1. The van der Waals surface area contributed by atoms with E-state index in [4.69, 9.17) is 0 Å². The quantitative estimate of drug-likeness (QED) is 0.889. The molecule has 5 heteroatoms. The zero-order chi connectivity index (χ0) is 14.3. The van der Waals surface area contributed by atoms with Gasteiger partial charge in [0.05, 0.1) is 0 Å². The van der Waals surface area contributed by atoms with Gasteiger partial charge in [0.2, 0.25) is 0 Å². The van der Waals surface area contributed by atoms with Gasteiger partial charge in [-0.25, -0.2) is 4.98 Å². The molecule has 1 atom stereocenters. The normalized spacial score (nSPS) is 29.4. The number of anilines is 1. The maximum atomic E-state index is 12.5. The van der Waals surface area contributed by atoms with Crippen molar-refractivity contribution in [3.63, 3.8) is 0 Å². The molecule has 1 unspecified atom stereocenters. The van der Waals surface area contributed by atoms with Gasteiger partial charge in [0, 0.05) is 30.5 Å². The van der Waals surface area contributed by atoms with Gasteiger partial charge in [-0.15, -0.1) is 0 Å². The minimum atomic E-state index is -0.217. The van der Waals surface area contributed by atoms with Crippen LogP contribution in [-0.4, -0.2) is 40.1 Å². The van der Waals surface area contributed by atoms with Crippen LogP contribution in [0.25, 0.3) is 0 Å². The van der Waals surface area contributed by atoms with Crippen molar-refractivity contribution in [2.75, 3.05) is 25.0 Å². The Balaban J connectivity index is 1.83. The predicted molar refractivity (Wildman–Crippen MR) is 80.1 cm³/mol. The van der Waals surface area contributed by atoms with Gasteiger partial charge >= 0.3 is 0 Å². The largest absolute Gasteiger partial charge is 0.361 e. The molecule has 5 nitrogen and oxygen atoms in total. The highest BCUT2D eigenvalue weighted by atomic mass is 16.1. The molecule has 1 aromatic heterocycles. The monoisotopic (exact) mass is 276 g/mol. The summed E-state index contributed by atoms with van der Waals surface area (Å²) in [5.74, 6) is 1.19. The zero-order valence-electron chi connectivity index (χ0n) is 12.6. The van der Waals surface area contributed by atoms with Crippen LogP contribution in [0.15, 0.2) is 17.2 Å². The Morgan fingerprint density at radius 3 is 2.55 bits per heavy atom. The number of fused-ring (bicyclic) bond motifs is 3. The molecular weight excluding hydrogens is 252 g/mol. The molecule has 0 radical (unpaired) electrons. The van der Waals surface area contributed by atoms with Crippen molar-refractivity contribution in [1.82, 2.24) is 14.5 Å². The lowest BCUT2D eigenvalue weighted by molar-refractivity contribution is 0.0973. The fraction of sp³-hybridized carbons (Fsp3) is 0.733. The SMILES string of the molecule is CC(C)(C)n1ccnc(NC2CN3CCC2CC3)c1=O. The second-order valence-corrected chi connectivity index (χ2v) is 7.01. The third-order valence-corrected chi connectivity index (χ3v) is 4.54. The van der Waals surface area contributed by atoms with Crippen LogP contribution >= 0.6 is 0 Å². The highest BCUT2D eigenvalue weighted by molar-refractivity contribution is 5.33. The summed E-state index contributed by atoms with van der Waals surface area (Å²) in [5.41, 5.74) is -0.234. The summed E-state index contributed by atoms with van der Waals surface area (Å²) in [6, 6.07) is 0.369. The van der Waals surface area contributed by atoms with Crippen LogP contribution in [0.1, 0.15) is 33.6 Å². The molecule has 2 bridgehead atoms. The van der Waals surface area contributed by atoms with Gasteiger partial charge in [0.25, 0.3) is 5.56 Å². The van der Waals surface area contributed by atoms with Crippen molar-refractivity contribution < 1.29 is 0 Å². The van der Waals surface area contributed by atoms with E-state index in [2.05, 4.69) is 15.2 Å². The van der Waals surface area contributed by atoms with E-state index in [0.717, 1.165) is 6.54 Å². The summed E-state index contributed by atoms with van der Waals surface area (Å²) >= 11 is 0. The van der Waals surface area contributed by atoms with Gasteiger partial charge < -0.3 is 14.8 Å². The fourth-order valence-corrected chi connectivity index (χ4v) is 3.34. The Morgan fingerprint density at radius 1 is 1.30 bits per heavy atom. The molecule has 0 saturated carbocycles. The van der Waals surface area contributed by atoms with Crippen LogP contribution in [0.2, 0.25) is 0 Å². The molecule has 1 N–H and O–H groups in total. The molecule has 3 aliphatic rings. The molecule has 3 aliphatic heterocycles. The second-order valence-electron chi connectivity index (χ2n) is 7.01. The zero-order valence-corrected chi connectivity index (χ0v) is 12.6. The maximum absolute atomic E-state index is 12.5. The number of aromatic nitrogens is 2. The molecular formula is C15H24N4O. The van der Waals surface area contributed by atoms with Gasteiger partial charge in [0.15, 0.2) is 5.82 Å². The first-order valence-corrected chi connectivity index (χ1v) is 7.52. The van der Waals surface area contributed by atoms with Gasteiger partial charge in [-0.05, 0) is 52.6 Å². The first kappa shape index (κ1) is 13.6. The third kappa shape index (κ3) is 2.46. The maximum Gasteiger partial charge on any atom is 0.293 e. The standard InChI is InChI=1S/C15H24N4O/c1-15(2,3)19-9-6-16-13(14(19)20)17-12-10-18-7-4-11(12)5-8-18/h6,9,11-12H,4-5,7-8,10H2,1-3H3,(H,16,17). The Labute approximate surface area is 120 Å². The van der Waals surface area contributed by atoms with E-state index in [1.54, 1.807) is 17.0 Å². The highest BCUT2D eigenvalue weighted by Gasteiger charge is 2.34. The Bertz CT molecular complexity index is 538. The number of hydrogen-bond donors (Lipinski definition) is 1. The van der Waals surface area contributed by atoms with E-state index in [-0.39, 0.29) is 11.1 Å². The molecule has 1 aromatic rings. The van der Waals surface area contributed by atoms with Gasteiger partial charge in [-0.2, -0.15) is 0 Å². The second kappa shape index (κ2) is 4.88. The Kier molecular flexibility index (Phi) is 3.32. The summed E-state index contributed by atoms with van der Waals surface area (Å²) in [6.45, 7) is 9.55. The summed E-state index contributed by atoms with van der Waals surface area (Å²) in [5, 5.41) is 3.41. The summed E-state index contributed by atoms with van der Waals surface area (Å²) in [4.78, 5) is 19.3. The Morgan fingerprint density at radius 2 is 2.00 bits per heavy atom.